The van der Waals surface area contributed by atoms with Gasteiger partial charge in [0.25, 0.3) is 0 Å². The van der Waals surface area contributed by atoms with E-state index in [2.05, 4.69) is 10.6 Å². The Labute approximate surface area is 93.9 Å². The summed E-state index contributed by atoms with van der Waals surface area (Å²) in [6, 6.07) is -0.261. The van der Waals surface area contributed by atoms with Crippen LogP contribution in [0.5, 0.6) is 0 Å². The van der Waals surface area contributed by atoms with E-state index in [1.165, 1.54) is 0 Å². The maximum atomic E-state index is 11.7. The summed E-state index contributed by atoms with van der Waals surface area (Å²) in [5.41, 5.74) is 5.02. The van der Waals surface area contributed by atoms with E-state index < -0.39 is 5.91 Å². The van der Waals surface area contributed by atoms with Gasteiger partial charge in [-0.25, -0.2) is 0 Å². The van der Waals surface area contributed by atoms with Crippen molar-refractivity contribution in [3.63, 3.8) is 0 Å². The van der Waals surface area contributed by atoms with Crippen molar-refractivity contribution in [3.8, 4) is 0 Å². The Kier molecular flexibility index (Phi) is 4.28. The molecule has 0 aromatic rings. The summed E-state index contributed by atoms with van der Waals surface area (Å²) < 4.78 is 0. The van der Waals surface area contributed by atoms with E-state index in [9.17, 15) is 14.4 Å². The molecule has 0 radical (unpaired) electrons. The van der Waals surface area contributed by atoms with Crippen molar-refractivity contribution in [2.75, 3.05) is 6.54 Å². The van der Waals surface area contributed by atoms with E-state index >= 15 is 0 Å². The van der Waals surface area contributed by atoms with Crippen molar-refractivity contribution in [2.45, 2.75) is 32.2 Å². The number of hydrogen-bond donors (Lipinski definition) is 3. The molecule has 1 heterocycles. The molecule has 90 valence electrons. The molecule has 0 aromatic carbocycles. The third-order valence-electron chi connectivity index (χ3n) is 2.53. The molecule has 6 heteroatoms. The number of rotatable bonds is 4. The minimum absolute atomic E-state index is 0.0192. The molecular formula is C10H17N3O3. The number of primary amides is 1. The molecule has 1 aliphatic rings. The molecule has 1 aliphatic heterocycles. The van der Waals surface area contributed by atoms with E-state index in [0.29, 0.717) is 19.4 Å². The molecular weight excluding hydrogens is 210 g/mol. The predicted octanol–water partition coefficient (Wildman–Crippen LogP) is -1.11. The van der Waals surface area contributed by atoms with Gasteiger partial charge in [-0.2, -0.15) is 0 Å². The highest BCUT2D eigenvalue weighted by atomic mass is 16.2. The lowest BCUT2D eigenvalue weighted by Crippen LogP contribution is -2.46. The van der Waals surface area contributed by atoms with Crippen LogP contribution in [0.1, 0.15) is 26.2 Å². The van der Waals surface area contributed by atoms with E-state index in [1.54, 1.807) is 6.92 Å². The summed E-state index contributed by atoms with van der Waals surface area (Å²) in [7, 11) is 0. The monoisotopic (exact) mass is 227 g/mol. The first-order valence-electron chi connectivity index (χ1n) is 5.34. The third kappa shape index (κ3) is 3.88. The predicted molar refractivity (Wildman–Crippen MR) is 57.1 cm³/mol. The number of carbonyl (C=O) groups is 3. The maximum absolute atomic E-state index is 11.7. The van der Waals surface area contributed by atoms with Crippen molar-refractivity contribution in [3.05, 3.63) is 0 Å². The first-order chi connectivity index (χ1) is 7.49. The van der Waals surface area contributed by atoms with Crippen molar-refractivity contribution in [2.24, 2.45) is 11.7 Å². The highest BCUT2D eigenvalue weighted by Crippen LogP contribution is 2.11. The van der Waals surface area contributed by atoms with E-state index in [4.69, 9.17) is 5.73 Å². The average Bonchev–Trinajstić information content (AvgIpc) is 2.16. The second kappa shape index (κ2) is 5.48. The summed E-state index contributed by atoms with van der Waals surface area (Å²) in [5.74, 6) is -0.791. The minimum atomic E-state index is -0.440. The van der Waals surface area contributed by atoms with Gasteiger partial charge in [-0.1, -0.05) is 0 Å². The topological polar surface area (TPSA) is 101 Å². The number of nitrogens with two attached hydrogens (primary N) is 1. The van der Waals surface area contributed by atoms with Crippen molar-refractivity contribution in [1.82, 2.24) is 10.6 Å². The highest BCUT2D eigenvalue weighted by molar-refractivity contribution is 5.84. The molecule has 0 aliphatic carbocycles. The Morgan fingerprint density at radius 1 is 1.62 bits per heavy atom. The largest absolute Gasteiger partial charge is 0.370 e. The van der Waals surface area contributed by atoms with Crippen LogP contribution in [0.4, 0.5) is 0 Å². The normalized spacial score (nSPS) is 22.1. The molecule has 0 saturated carbocycles. The molecule has 1 saturated heterocycles. The van der Waals surface area contributed by atoms with Crippen LogP contribution in [0.15, 0.2) is 0 Å². The number of carbonyl (C=O) groups excluding carboxylic acids is 3. The summed E-state index contributed by atoms with van der Waals surface area (Å²) in [5, 5.41) is 5.34. The van der Waals surface area contributed by atoms with Crippen LogP contribution in [0.2, 0.25) is 0 Å². The van der Waals surface area contributed by atoms with Crippen molar-refractivity contribution in [1.29, 1.82) is 0 Å². The van der Waals surface area contributed by atoms with E-state index in [1.807, 2.05) is 0 Å². The molecule has 0 aromatic heterocycles. The van der Waals surface area contributed by atoms with Gasteiger partial charge in [-0.15, -0.1) is 0 Å². The molecule has 6 nitrogen and oxygen atoms in total. The van der Waals surface area contributed by atoms with Crippen molar-refractivity contribution < 1.29 is 14.4 Å². The van der Waals surface area contributed by atoms with Gasteiger partial charge < -0.3 is 16.4 Å². The molecule has 16 heavy (non-hydrogen) atoms. The van der Waals surface area contributed by atoms with Gasteiger partial charge in [0.2, 0.25) is 17.7 Å². The lowest BCUT2D eigenvalue weighted by molar-refractivity contribution is -0.129. The Balaban J connectivity index is 2.34. The second-order valence-corrected chi connectivity index (χ2v) is 4.12. The Hall–Kier alpha value is -1.59. The van der Waals surface area contributed by atoms with Crippen LogP contribution in [0.25, 0.3) is 0 Å². The average molecular weight is 227 g/mol. The van der Waals surface area contributed by atoms with Crippen LogP contribution in [0, 0.1) is 5.92 Å². The summed E-state index contributed by atoms with van der Waals surface area (Å²) in [4.78, 5) is 33.2. The first kappa shape index (κ1) is 12.5. The minimum Gasteiger partial charge on any atom is -0.370 e. The fourth-order valence-corrected chi connectivity index (χ4v) is 1.67. The molecule has 1 fully saturated rings. The van der Waals surface area contributed by atoms with Crippen molar-refractivity contribution >= 4 is 17.7 Å². The molecule has 0 spiro atoms. The van der Waals surface area contributed by atoms with Crippen LogP contribution in [-0.4, -0.2) is 30.3 Å². The quantitative estimate of drug-likeness (QED) is 0.567. The number of hydrogen-bond acceptors (Lipinski definition) is 3. The fraction of sp³-hybridized carbons (Fsp3) is 0.700. The SMILES string of the molecule is CC(CC(N)=O)NC(=O)C1CCC(=O)NC1. The number of amides is 3. The smallest absolute Gasteiger partial charge is 0.225 e. The van der Waals surface area contributed by atoms with Gasteiger partial charge in [0.15, 0.2) is 0 Å². The lowest BCUT2D eigenvalue weighted by Gasteiger charge is -2.23. The Morgan fingerprint density at radius 2 is 2.31 bits per heavy atom. The fourth-order valence-electron chi connectivity index (χ4n) is 1.67. The molecule has 4 N–H and O–H groups in total. The second-order valence-electron chi connectivity index (χ2n) is 4.12. The van der Waals surface area contributed by atoms with Crippen LogP contribution < -0.4 is 16.4 Å². The summed E-state index contributed by atoms with van der Waals surface area (Å²) in [6.45, 7) is 2.10. The highest BCUT2D eigenvalue weighted by Gasteiger charge is 2.25. The summed E-state index contributed by atoms with van der Waals surface area (Å²) in [6.07, 6.45) is 1.06. The first-order valence-corrected chi connectivity index (χ1v) is 5.34. The molecule has 1 rings (SSSR count). The van der Waals surface area contributed by atoms with E-state index in [-0.39, 0.29) is 30.2 Å². The number of piperidine rings is 1. The summed E-state index contributed by atoms with van der Waals surface area (Å²) >= 11 is 0. The van der Waals surface area contributed by atoms with E-state index in [0.717, 1.165) is 0 Å². The van der Waals surface area contributed by atoms with Crippen LogP contribution >= 0.6 is 0 Å². The van der Waals surface area contributed by atoms with Gasteiger partial charge >= 0.3 is 0 Å². The van der Waals surface area contributed by atoms with Gasteiger partial charge in [-0.05, 0) is 13.3 Å². The zero-order valence-corrected chi connectivity index (χ0v) is 9.29. The van der Waals surface area contributed by atoms with Gasteiger partial charge in [0.1, 0.15) is 0 Å². The van der Waals surface area contributed by atoms with Gasteiger partial charge in [0, 0.05) is 25.4 Å². The number of nitrogens with one attached hydrogen (secondary N) is 2. The van der Waals surface area contributed by atoms with Gasteiger partial charge in [-0.3, -0.25) is 14.4 Å². The zero-order valence-electron chi connectivity index (χ0n) is 9.29. The molecule has 2 atom stereocenters. The molecule has 3 amide bonds. The standard InChI is InChI=1S/C10H17N3O3/c1-6(4-8(11)14)13-10(16)7-2-3-9(15)12-5-7/h6-7H,2-5H2,1H3,(H2,11,14)(H,12,15)(H,13,16). The Bertz CT molecular complexity index is 294. The van der Waals surface area contributed by atoms with Crippen LogP contribution in [0.3, 0.4) is 0 Å². The van der Waals surface area contributed by atoms with Crippen LogP contribution in [-0.2, 0) is 14.4 Å². The third-order valence-corrected chi connectivity index (χ3v) is 2.53. The molecule has 0 bridgehead atoms. The zero-order chi connectivity index (χ0) is 12.1. The maximum Gasteiger partial charge on any atom is 0.225 e. The van der Waals surface area contributed by atoms with Gasteiger partial charge in [0.05, 0.1) is 5.92 Å². The molecule has 2 unspecified atom stereocenters. The lowest BCUT2D eigenvalue weighted by atomic mass is 9.98. The Morgan fingerprint density at radius 3 is 2.81 bits per heavy atom.